The Kier molecular flexibility index (Phi) is 8.21. The van der Waals surface area contributed by atoms with E-state index in [0.29, 0.717) is 17.5 Å². The van der Waals surface area contributed by atoms with E-state index in [1.54, 1.807) is 6.07 Å². The first-order chi connectivity index (χ1) is 14.3. The summed E-state index contributed by atoms with van der Waals surface area (Å²) in [5.41, 5.74) is 6.04. The van der Waals surface area contributed by atoms with Crippen molar-refractivity contribution < 1.29 is 37.3 Å². The summed E-state index contributed by atoms with van der Waals surface area (Å²) in [4.78, 5) is 23.2. The first kappa shape index (κ1) is 22.7. The lowest BCUT2D eigenvalue weighted by atomic mass is 10.1. The number of carbonyl (C=O) groups is 2. The molecule has 2 aromatic rings. The molecule has 30 heavy (non-hydrogen) atoms. The van der Waals surface area contributed by atoms with Crippen LogP contribution in [0.3, 0.4) is 0 Å². The van der Waals surface area contributed by atoms with Gasteiger partial charge in [0.05, 0.1) is 14.2 Å². The van der Waals surface area contributed by atoms with E-state index >= 15 is 0 Å². The molecule has 8 nitrogen and oxygen atoms in total. The van der Waals surface area contributed by atoms with Gasteiger partial charge in [-0.3, -0.25) is 9.59 Å². The molecule has 2 amide bonds. The summed E-state index contributed by atoms with van der Waals surface area (Å²) in [5, 5.41) is 2.73. The third kappa shape index (κ3) is 6.50. The van der Waals surface area contributed by atoms with Crippen LogP contribution in [0.1, 0.15) is 15.9 Å². The molecule has 0 saturated heterocycles. The van der Waals surface area contributed by atoms with Crippen LogP contribution >= 0.6 is 0 Å². The molecule has 2 rings (SSSR count). The zero-order valence-electron chi connectivity index (χ0n) is 16.4. The molecule has 0 bridgehead atoms. The zero-order chi connectivity index (χ0) is 22.1. The maximum Gasteiger partial charge on any atom is 0.387 e. The summed E-state index contributed by atoms with van der Waals surface area (Å²) in [6.07, 6.45) is 0.381. The van der Waals surface area contributed by atoms with Crippen molar-refractivity contribution in [2.24, 2.45) is 5.73 Å². The minimum absolute atomic E-state index is 0.0763. The first-order valence-electron chi connectivity index (χ1n) is 8.83. The largest absolute Gasteiger partial charge is 0.493 e. The third-order valence-corrected chi connectivity index (χ3v) is 3.94. The van der Waals surface area contributed by atoms with Crippen LogP contribution in [0.25, 0.3) is 0 Å². The summed E-state index contributed by atoms with van der Waals surface area (Å²) >= 11 is 0. The van der Waals surface area contributed by atoms with Gasteiger partial charge in [-0.15, -0.1) is 0 Å². The number of ether oxygens (including phenoxy) is 4. The number of nitrogens with one attached hydrogen (secondary N) is 1. The van der Waals surface area contributed by atoms with E-state index in [0.717, 1.165) is 0 Å². The molecule has 0 aliphatic heterocycles. The fourth-order valence-electron chi connectivity index (χ4n) is 2.56. The number of carbonyl (C=O) groups excluding carboxylic acids is 2. The fourth-order valence-corrected chi connectivity index (χ4v) is 2.56. The molecular formula is C20H22F2N2O6. The van der Waals surface area contributed by atoms with E-state index in [1.807, 2.05) is 0 Å². The van der Waals surface area contributed by atoms with Gasteiger partial charge in [0.25, 0.3) is 11.8 Å². The third-order valence-electron chi connectivity index (χ3n) is 3.94. The Bertz CT molecular complexity index is 892. The van der Waals surface area contributed by atoms with Gasteiger partial charge in [0.2, 0.25) is 0 Å². The second-order valence-corrected chi connectivity index (χ2v) is 5.99. The van der Waals surface area contributed by atoms with Gasteiger partial charge in [-0.05, 0) is 42.3 Å². The lowest BCUT2D eigenvalue weighted by Gasteiger charge is -2.13. The summed E-state index contributed by atoms with van der Waals surface area (Å²) in [7, 11) is 2.75. The molecule has 0 spiro atoms. The highest BCUT2D eigenvalue weighted by Crippen LogP contribution is 2.30. The van der Waals surface area contributed by atoms with Gasteiger partial charge in [-0.2, -0.15) is 8.78 Å². The van der Waals surface area contributed by atoms with Crippen LogP contribution in [0.5, 0.6) is 23.0 Å². The van der Waals surface area contributed by atoms with Crippen LogP contribution in [0, 0.1) is 0 Å². The Morgan fingerprint density at radius 2 is 1.70 bits per heavy atom. The predicted molar refractivity (Wildman–Crippen MR) is 103 cm³/mol. The van der Waals surface area contributed by atoms with E-state index in [-0.39, 0.29) is 42.1 Å². The summed E-state index contributed by atoms with van der Waals surface area (Å²) in [6, 6.07) is 9.12. The van der Waals surface area contributed by atoms with Gasteiger partial charge in [0, 0.05) is 12.1 Å². The molecule has 0 unspecified atom stereocenters. The summed E-state index contributed by atoms with van der Waals surface area (Å²) in [6.45, 7) is -3.04. The zero-order valence-corrected chi connectivity index (χ0v) is 16.4. The standard InChI is InChI=1S/C20H22F2N2O6/c1-27-14-5-3-12(9-17(14)30-20(21)22)7-8-24-19(26)13-4-6-15(16(10-13)28-2)29-11-18(23)25/h3-6,9-10,20H,7-8,11H2,1-2H3,(H2,23,25)(H,24,26). The molecule has 0 fully saturated rings. The second-order valence-electron chi connectivity index (χ2n) is 5.99. The Labute approximate surface area is 171 Å². The van der Waals surface area contributed by atoms with Crippen molar-refractivity contribution in [3.05, 3.63) is 47.5 Å². The number of amides is 2. The van der Waals surface area contributed by atoms with Crippen LogP contribution in [0.15, 0.2) is 36.4 Å². The number of benzene rings is 2. The molecule has 0 aliphatic rings. The van der Waals surface area contributed by atoms with Gasteiger partial charge < -0.3 is 30.0 Å². The van der Waals surface area contributed by atoms with Crippen LogP contribution in [0.2, 0.25) is 0 Å². The van der Waals surface area contributed by atoms with Crippen LogP contribution in [-0.4, -0.2) is 45.8 Å². The Balaban J connectivity index is 1.98. The highest BCUT2D eigenvalue weighted by atomic mass is 19.3. The minimum atomic E-state index is -2.97. The molecule has 0 saturated carbocycles. The van der Waals surface area contributed by atoms with Crippen molar-refractivity contribution in [3.8, 4) is 23.0 Å². The van der Waals surface area contributed by atoms with Gasteiger partial charge >= 0.3 is 6.61 Å². The number of hydrogen-bond donors (Lipinski definition) is 2. The smallest absolute Gasteiger partial charge is 0.387 e. The Hall–Kier alpha value is -3.56. The van der Waals surface area contributed by atoms with Crippen molar-refractivity contribution in [1.82, 2.24) is 5.32 Å². The Morgan fingerprint density at radius 3 is 2.33 bits per heavy atom. The molecule has 0 radical (unpaired) electrons. The van der Waals surface area contributed by atoms with E-state index in [2.05, 4.69) is 10.1 Å². The molecule has 0 atom stereocenters. The van der Waals surface area contributed by atoms with Crippen molar-refractivity contribution >= 4 is 11.8 Å². The number of primary amides is 1. The van der Waals surface area contributed by atoms with E-state index in [4.69, 9.17) is 19.9 Å². The lowest BCUT2D eigenvalue weighted by Crippen LogP contribution is -2.25. The SMILES string of the molecule is COc1cc(C(=O)NCCc2ccc(OC)c(OC(F)F)c2)ccc1OCC(N)=O. The average Bonchev–Trinajstić information content (AvgIpc) is 2.71. The summed E-state index contributed by atoms with van der Waals surface area (Å²) in [5.74, 6) is -0.348. The Morgan fingerprint density at radius 1 is 1.00 bits per heavy atom. The molecule has 0 aromatic heterocycles. The number of hydrogen-bond acceptors (Lipinski definition) is 6. The number of alkyl halides is 2. The minimum Gasteiger partial charge on any atom is -0.493 e. The van der Waals surface area contributed by atoms with Crippen molar-refractivity contribution in [3.63, 3.8) is 0 Å². The first-order valence-corrected chi connectivity index (χ1v) is 8.83. The quantitative estimate of drug-likeness (QED) is 0.572. The van der Waals surface area contributed by atoms with Crippen LogP contribution in [-0.2, 0) is 11.2 Å². The second kappa shape index (κ2) is 10.8. The average molecular weight is 424 g/mol. The predicted octanol–water partition coefficient (Wildman–Crippen LogP) is 2.14. The molecule has 162 valence electrons. The van der Waals surface area contributed by atoms with E-state index in [9.17, 15) is 18.4 Å². The highest BCUT2D eigenvalue weighted by Gasteiger charge is 2.13. The van der Waals surface area contributed by atoms with Crippen molar-refractivity contribution in [2.45, 2.75) is 13.0 Å². The van der Waals surface area contributed by atoms with Gasteiger partial charge in [-0.25, -0.2) is 0 Å². The number of halogens is 2. The number of nitrogens with two attached hydrogens (primary N) is 1. The molecule has 0 heterocycles. The van der Waals surface area contributed by atoms with Gasteiger partial charge in [0.15, 0.2) is 29.6 Å². The lowest BCUT2D eigenvalue weighted by molar-refractivity contribution is -0.119. The van der Waals surface area contributed by atoms with E-state index < -0.39 is 12.5 Å². The summed E-state index contributed by atoms with van der Waals surface area (Å²) < 4.78 is 44.8. The molecule has 0 aliphatic carbocycles. The molecule has 2 aromatic carbocycles. The number of methoxy groups -OCH3 is 2. The highest BCUT2D eigenvalue weighted by molar-refractivity contribution is 5.94. The topological polar surface area (TPSA) is 109 Å². The van der Waals surface area contributed by atoms with Crippen LogP contribution < -0.4 is 30.0 Å². The monoisotopic (exact) mass is 424 g/mol. The molecule has 10 heteroatoms. The number of rotatable bonds is 11. The molecular weight excluding hydrogens is 402 g/mol. The fraction of sp³-hybridized carbons (Fsp3) is 0.300. The maximum atomic E-state index is 12.5. The maximum absolute atomic E-state index is 12.5. The van der Waals surface area contributed by atoms with Crippen molar-refractivity contribution in [2.75, 3.05) is 27.4 Å². The van der Waals surface area contributed by atoms with Crippen LogP contribution in [0.4, 0.5) is 8.78 Å². The van der Waals surface area contributed by atoms with Gasteiger partial charge in [0.1, 0.15) is 0 Å². The van der Waals surface area contributed by atoms with Gasteiger partial charge in [-0.1, -0.05) is 6.07 Å². The van der Waals surface area contributed by atoms with E-state index in [1.165, 1.54) is 44.6 Å². The van der Waals surface area contributed by atoms with Crippen molar-refractivity contribution in [1.29, 1.82) is 0 Å². The normalized spacial score (nSPS) is 10.4. The molecule has 3 N–H and O–H groups in total.